The molecule has 5 nitrogen and oxygen atoms in total. The fraction of sp³-hybridized carbons (Fsp3) is 0.619. The molecule has 6 heteroatoms. The summed E-state index contributed by atoms with van der Waals surface area (Å²) in [6, 6.07) is 8.45. The molecule has 2 heterocycles. The number of ether oxygens (including phenoxy) is 1. The number of esters is 1. The molecule has 0 bridgehead atoms. The maximum Gasteiger partial charge on any atom is 0.309 e. The van der Waals surface area contributed by atoms with Crippen molar-refractivity contribution in [1.29, 1.82) is 0 Å². The van der Waals surface area contributed by atoms with Crippen LogP contribution in [0.3, 0.4) is 0 Å². The second-order valence-corrected chi connectivity index (χ2v) is 8.44. The Bertz CT molecular complexity index is 633. The molecule has 0 aromatic heterocycles. The van der Waals surface area contributed by atoms with Crippen molar-refractivity contribution in [3.8, 4) is 0 Å². The van der Waals surface area contributed by atoms with Crippen LogP contribution in [0.2, 0.25) is 0 Å². The van der Waals surface area contributed by atoms with Gasteiger partial charge in [-0.1, -0.05) is 28.1 Å². The van der Waals surface area contributed by atoms with Gasteiger partial charge in [-0.2, -0.15) is 0 Å². The largest absolute Gasteiger partial charge is 0.466 e. The van der Waals surface area contributed by atoms with Crippen LogP contribution in [0, 0.1) is 11.8 Å². The number of likely N-dealkylation sites (tertiary alicyclic amines) is 2. The first kappa shape index (κ1) is 20.3. The van der Waals surface area contributed by atoms with Gasteiger partial charge in [-0.15, -0.1) is 0 Å². The lowest BCUT2D eigenvalue weighted by molar-refractivity contribution is -0.152. The van der Waals surface area contributed by atoms with Gasteiger partial charge in [0.1, 0.15) is 0 Å². The average molecular weight is 437 g/mol. The van der Waals surface area contributed by atoms with Gasteiger partial charge in [-0.25, -0.2) is 0 Å². The van der Waals surface area contributed by atoms with Gasteiger partial charge in [0.25, 0.3) is 0 Å². The predicted octanol–water partition coefficient (Wildman–Crippen LogP) is 3.46. The van der Waals surface area contributed by atoms with Crippen molar-refractivity contribution in [3.63, 3.8) is 0 Å². The molecule has 1 aromatic carbocycles. The molecule has 0 N–H and O–H groups in total. The third-order valence-corrected chi connectivity index (χ3v) is 6.21. The molecule has 1 amide bonds. The Balaban J connectivity index is 1.42. The van der Waals surface area contributed by atoms with E-state index in [1.54, 1.807) is 0 Å². The second kappa shape index (κ2) is 9.69. The van der Waals surface area contributed by atoms with E-state index in [1.807, 2.05) is 11.8 Å². The molecule has 0 saturated carbocycles. The Kier molecular flexibility index (Phi) is 7.30. The lowest BCUT2D eigenvalue weighted by atomic mass is 9.92. The predicted molar refractivity (Wildman–Crippen MR) is 108 cm³/mol. The van der Waals surface area contributed by atoms with Crippen molar-refractivity contribution in [2.75, 3.05) is 32.8 Å². The molecule has 1 aromatic rings. The Morgan fingerprint density at radius 3 is 2.19 bits per heavy atom. The number of rotatable bonds is 5. The fourth-order valence-electron chi connectivity index (χ4n) is 4.04. The number of carbonyl (C=O) groups is 2. The zero-order chi connectivity index (χ0) is 19.2. The monoisotopic (exact) mass is 436 g/mol. The van der Waals surface area contributed by atoms with Crippen LogP contribution in [-0.4, -0.2) is 54.5 Å². The van der Waals surface area contributed by atoms with Gasteiger partial charge < -0.3 is 9.64 Å². The standard InChI is InChI=1S/C21H29BrN2O3/c1-2-27-21(26)18-9-13-24(14-10-18)20(25)17-7-11-23(12-8-17)15-16-3-5-19(22)6-4-16/h3-6,17-18H,2,7-15H2,1H3. The minimum atomic E-state index is -0.106. The molecule has 2 aliphatic rings. The van der Waals surface area contributed by atoms with Crippen molar-refractivity contribution in [2.45, 2.75) is 39.2 Å². The molecule has 0 radical (unpaired) electrons. The summed E-state index contributed by atoms with van der Waals surface area (Å²) in [5.74, 6) is 0.263. The van der Waals surface area contributed by atoms with Crippen molar-refractivity contribution in [2.24, 2.45) is 11.8 Å². The summed E-state index contributed by atoms with van der Waals surface area (Å²) >= 11 is 3.47. The molecule has 3 rings (SSSR count). The minimum Gasteiger partial charge on any atom is -0.466 e. The van der Waals surface area contributed by atoms with E-state index in [1.165, 1.54) is 5.56 Å². The van der Waals surface area contributed by atoms with Crippen molar-refractivity contribution < 1.29 is 14.3 Å². The molecule has 27 heavy (non-hydrogen) atoms. The molecule has 148 valence electrons. The maximum atomic E-state index is 12.8. The molecular weight excluding hydrogens is 408 g/mol. The highest BCUT2D eigenvalue weighted by atomic mass is 79.9. The van der Waals surface area contributed by atoms with Crippen LogP contribution in [-0.2, 0) is 20.9 Å². The maximum absolute atomic E-state index is 12.8. The third kappa shape index (κ3) is 5.55. The highest BCUT2D eigenvalue weighted by molar-refractivity contribution is 9.10. The van der Waals surface area contributed by atoms with Crippen LogP contribution < -0.4 is 0 Å². The summed E-state index contributed by atoms with van der Waals surface area (Å²) in [7, 11) is 0. The first-order valence-corrected chi connectivity index (χ1v) is 10.8. The van der Waals surface area contributed by atoms with Gasteiger partial charge in [-0.05, 0) is 63.4 Å². The summed E-state index contributed by atoms with van der Waals surface area (Å²) in [5, 5.41) is 0. The van der Waals surface area contributed by atoms with Gasteiger partial charge in [0, 0.05) is 30.0 Å². The lowest BCUT2D eigenvalue weighted by Gasteiger charge is -2.36. The van der Waals surface area contributed by atoms with Crippen LogP contribution in [0.15, 0.2) is 28.7 Å². The second-order valence-electron chi connectivity index (χ2n) is 7.53. The number of piperidine rings is 2. The minimum absolute atomic E-state index is 0.0400. The molecule has 0 atom stereocenters. The van der Waals surface area contributed by atoms with Crippen LogP contribution >= 0.6 is 15.9 Å². The first-order valence-electron chi connectivity index (χ1n) is 9.99. The zero-order valence-corrected chi connectivity index (χ0v) is 17.6. The molecule has 2 aliphatic heterocycles. The van der Waals surface area contributed by atoms with Crippen LogP contribution in [0.4, 0.5) is 0 Å². The van der Waals surface area contributed by atoms with Crippen LogP contribution in [0.1, 0.15) is 38.2 Å². The zero-order valence-electron chi connectivity index (χ0n) is 16.0. The molecule has 0 aliphatic carbocycles. The van der Waals surface area contributed by atoms with E-state index in [-0.39, 0.29) is 23.7 Å². The van der Waals surface area contributed by atoms with Crippen molar-refractivity contribution in [3.05, 3.63) is 34.3 Å². The van der Waals surface area contributed by atoms with E-state index >= 15 is 0 Å². The molecule has 2 fully saturated rings. The smallest absolute Gasteiger partial charge is 0.309 e. The third-order valence-electron chi connectivity index (χ3n) is 5.68. The molecule has 2 saturated heterocycles. The number of nitrogens with zero attached hydrogens (tertiary/aromatic N) is 2. The number of hydrogen-bond donors (Lipinski definition) is 0. The van der Waals surface area contributed by atoms with Gasteiger partial charge >= 0.3 is 5.97 Å². The van der Waals surface area contributed by atoms with Crippen LogP contribution in [0.25, 0.3) is 0 Å². The summed E-state index contributed by atoms with van der Waals surface area (Å²) < 4.78 is 6.21. The summed E-state index contributed by atoms with van der Waals surface area (Å²) in [4.78, 5) is 29.1. The average Bonchev–Trinajstić information content (AvgIpc) is 2.70. The van der Waals surface area contributed by atoms with E-state index in [0.29, 0.717) is 19.7 Å². The van der Waals surface area contributed by atoms with E-state index in [2.05, 4.69) is 45.1 Å². The highest BCUT2D eigenvalue weighted by Gasteiger charge is 2.32. The number of carbonyl (C=O) groups excluding carboxylic acids is 2. The number of benzene rings is 1. The van der Waals surface area contributed by atoms with Gasteiger partial charge in [-0.3, -0.25) is 14.5 Å². The topological polar surface area (TPSA) is 49.9 Å². The van der Waals surface area contributed by atoms with Crippen molar-refractivity contribution in [1.82, 2.24) is 9.80 Å². The molecule has 0 spiro atoms. The number of halogens is 1. The fourth-order valence-corrected chi connectivity index (χ4v) is 4.30. The van der Waals surface area contributed by atoms with E-state index < -0.39 is 0 Å². The molecular formula is C21H29BrN2O3. The SMILES string of the molecule is CCOC(=O)C1CCN(C(=O)C2CCN(Cc3ccc(Br)cc3)CC2)CC1. The Morgan fingerprint density at radius 2 is 1.59 bits per heavy atom. The van der Waals surface area contributed by atoms with Gasteiger partial charge in [0.05, 0.1) is 12.5 Å². The first-order chi connectivity index (χ1) is 13.1. The van der Waals surface area contributed by atoms with E-state index in [9.17, 15) is 9.59 Å². The number of amides is 1. The summed E-state index contributed by atoms with van der Waals surface area (Å²) in [6.45, 7) is 6.50. The Morgan fingerprint density at radius 1 is 1.00 bits per heavy atom. The highest BCUT2D eigenvalue weighted by Crippen LogP contribution is 2.25. The van der Waals surface area contributed by atoms with Crippen LogP contribution in [0.5, 0.6) is 0 Å². The van der Waals surface area contributed by atoms with Gasteiger partial charge in [0.15, 0.2) is 0 Å². The van der Waals surface area contributed by atoms with E-state index in [0.717, 1.165) is 49.8 Å². The summed E-state index contributed by atoms with van der Waals surface area (Å²) in [6.07, 6.45) is 3.31. The Labute approximate surface area is 170 Å². The van der Waals surface area contributed by atoms with Crippen molar-refractivity contribution >= 4 is 27.8 Å². The summed E-state index contributed by atoms with van der Waals surface area (Å²) in [5.41, 5.74) is 1.31. The number of hydrogen-bond acceptors (Lipinski definition) is 4. The lowest BCUT2D eigenvalue weighted by Crippen LogP contribution is -2.46. The normalized spacial score (nSPS) is 19.9. The Hall–Kier alpha value is -1.40. The van der Waals surface area contributed by atoms with Gasteiger partial charge in [0.2, 0.25) is 5.91 Å². The quantitative estimate of drug-likeness (QED) is 0.663. The van der Waals surface area contributed by atoms with E-state index in [4.69, 9.17) is 4.74 Å². The molecule has 0 unspecified atom stereocenters.